The molecule has 1 aromatic heterocycles. The standard InChI is InChI=1S/C26H34N2O4S/c1-5-32-26(31)22-18(4)23(24(30)27-20-13-11-16(2)15-17(20)3)33-25(22)28-21(29)14-12-19-9-7-6-8-10-19/h11,13,15,19H,5-10,12,14H2,1-4H3,(H,27,30)(H,28,29). The van der Waals surface area contributed by atoms with Gasteiger partial charge in [-0.2, -0.15) is 0 Å². The van der Waals surface area contributed by atoms with Crippen LogP contribution in [0.3, 0.4) is 0 Å². The highest BCUT2D eigenvalue weighted by Crippen LogP contribution is 2.35. The van der Waals surface area contributed by atoms with Gasteiger partial charge in [-0.25, -0.2) is 4.79 Å². The smallest absolute Gasteiger partial charge is 0.341 e. The van der Waals surface area contributed by atoms with Gasteiger partial charge in [-0.05, 0) is 57.2 Å². The van der Waals surface area contributed by atoms with Crippen LogP contribution in [0.25, 0.3) is 0 Å². The second-order valence-electron chi connectivity index (χ2n) is 8.84. The fraction of sp³-hybridized carbons (Fsp3) is 0.500. The topological polar surface area (TPSA) is 84.5 Å². The summed E-state index contributed by atoms with van der Waals surface area (Å²) < 4.78 is 5.21. The summed E-state index contributed by atoms with van der Waals surface area (Å²) in [6, 6.07) is 5.80. The summed E-state index contributed by atoms with van der Waals surface area (Å²) in [4.78, 5) is 38.8. The second-order valence-corrected chi connectivity index (χ2v) is 9.86. The Kier molecular flexibility index (Phi) is 8.67. The monoisotopic (exact) mass is 470 g/mol. The zero-order valence-electron chi connectivity index (χ0n) is 20.0. The number of ether oxygens (including phenoxy) is 1. The molecule has 3 rings (SSSR count). The molecule has 0 aliphatic heterocycles. The van der Waals surface area contributed by atoms with E-state index in [1.165, 1.54) is 32.1 Å². The number of hydrogen-bond acceptors (Lipinski definition) is 5. The number of carbonyl (C=O) groups excluding carboxylic acids is 3. The van der Waals surface area contributed by atoms with Crippen molar-refractivity contribution in [3.63, 3.8) is 0 Å². The lowest BCUT2D eigenvalue weighted by Gasteiger charge is -2.20. The van der Waals surface area contributed by atoms with Crippen LogP contribution in [0.4, 0.5) is 10.7 Å². The molecule has 33 heavy (non-hydrogen) atoms. The molecule has 178 valence electrons. The number of esters is 1. The number of hydrogen-bond donors (Lipinski definition) is 2. The lowest BCUT2D eigenvalue weighted by atomic mass is 9.86. The van der Waals surface area contributed by atoms with Gasteiger partial charge < -0.3 is 15.4 Å². The van der Waals surface area contributed by atoms with Crippen LogP contribution in [-0.4, -0.2) is 24.4 Å². The van der Waals surface area contributed by atoms with Crippen LogP contribution >= 0.6 is 11.3 Å². The Bertz CT molecular complexity index is 1020. The van der Waals surface area contributed by atoms with E-state index in [2.05, 4.69) is 10.6 Å². The van der Waals surface area contributed by atoms with Gasteiger partial charge in [0, 0.05) is 12.1 Å². The Hall–Kier alpha value is -2.67. The largest absolute Gasteiger partial charge is 0.462 e. The minimum Gasteiger partial charge on any atom is -0.462 e. The van der Waals surface area contributed by atoms with Crippen molar-refractivity contribution in [1.29, 1.82) is 0 Å². The number of benzene rings is 1. The summed E-state index contributed by atoms with van der Waals surface area (Å²) in [5.41, 5.74) is 3.57. The molecular formula is C26H34N2O4S. The van der Waals surface area contributed by atoms with E-state index < -0.39 is 5.97 Å². The van der Waals surface area contributed by atoms with Crippen LogP contribution in [-0.2, 0) is 9.53 Å². The highest BCUT2D eigenvalue weighted by molar-refractivity contribution is 7.18. The number of nitrogens with one attached hydrogen (secondary N) is 2. The van der Waals surface area contributed by atoms with E-state index in [0.717, 1.165) is 28.9 Å². The average molecular weight is 471 g/mol. The third-order valence-electron chi connectivity index (χ3n) is 6.22. The first kappa shape index (κ1) is 25.0. The Labute approximate surface area is 200 Å². The van der Waals surface area contributed by atoms with Crippen LogP contribution < -0.4 is 10.6 Å². The third kappa shape index (κ3) is 6.44. The SMILES string of the molecule is CCOC(=O)c1c(NC(=O)CCC2CCCCC2)sc(C(=O)Nc2ccc(C)cc2C)c1C. The maximum Gasteiger partial charge on any atom is 0.341 e. The molecule has 2 aromatic rings. The molecular weight excluding hydrogens is 436 g/mol. The predicted molar refractivity (Wildman–Crippen MR) is 133 cm³/mol. The first-order chi connectivity index (χ1) is 15.8. The van der Waals surface area contributed by atoms with Crippen molar-refractivity contribution in [2.24, 2.45) is 5.92 Å². The number of aryl methyl sites for hydroxylation is 2. The van der Waals surface area contributed by atoms with Crippen LogP contribution in [0.2, 0.25) is 0 Å². The molecule has 1 aliphatic carbocycles. The van der Waals surface area contributed by atoms with Gasteiger partial charge in [0.05, 0.1) is 17.0 Å². The first-order valence-electron chi connectivity index (χ1n) is 11.8. The van der Waals surface area contributed by atoms with E-state index in [9.17, 15) is 14.4 Å². The van der Waals surface area contributed by atoms with Crippen LogP contribution in [0, 0.1) is 26.7 Å². The molecule has 1 fully saturated rings. The van der Waals surface area contributed by atoms with Crippen LogP contribution in [0.1, 0.15) is 88.6 Å². The minimum atomic E-state index is -0.528. The molecule has 0 bridgehead atoms. The van der Waals surface area contributed by atoms with Crippen molar-refractivity contribution in [2.75, 3.05) is 17.2 Å². The van der Waals surface area contributed by atoms with E-state index in [4.69, 9.17) is 4.74 Å². The molecule has 1 aromatic carbocycles. The third-order valence-corrected chi connectivity index (χ3v) is 7.43. The predicted octanol–water partition coefficient (Wildman–Crippen LogP) is 6.40. The summed E-state index contributed by atoms with van der Waals surface area (Å²) in [6.07, 6.45) is 7.39. The summed E-state index contributed by atoms with van der Waals surface area (Å²) >= 11 is 1.12. The summed E-state index contributed by atoms with van der Waals surface area (Å²) in [5, 5.41) is 6.20. The van der Waals surface area contributed by atoms with E-state index in [-0.39, 0.29) is 24.0 Å². The number of carbonyl (C=O) groups is 3. The number of thiophene rings is 1. The van der Waals surface area contributed by atoms with Gasteiger partial charge in [-0.1, -0.05) is 49.8 Å². The molecule has 7 heteroatoms. The number of anilines is 2. The molecule has 2 amide bonds. The lowest BCUT2D eigenvalue weighted by Crippen LogP contribution is -2.16. The van der Waals surface area contributed by atoms with Crippen molar-refractivity contribution in [3.05, 3.63) is 45.3 Å². The van der Waals surface area contributed by atoms with Gasteiger partial charge in [0.25, 0.3) is 5.91 Å². The highest BCUT2D eigenvalue weighted by atomic mass is 32.1. The van der Waals surface area contributed by atoms with Crippen molar-refractivity contribution in [3.8, 4) is 0 Å². The van der Waals surface area contributed by atoms with Crippen molar-refractivity contribution >= 4 is 39.8 Å². The van der Waals surface area contributed by atoms with E-state index in [1.54, 1.807) is 13.8 Å². The first-order valence-corrected chi connectivity index (χ1v) is 12.6. The summed E-state index contributed by atoms with van der Waals surface area (Å²) in [6.45, 7) is 7.60. The zero-order chi connectivity index (χ0) is 24.0. The van der Waals surface area contributed by atoms with Crippen LogP contribution in [0.5, 0.6) is 0 Å². The molecule has 0 unspecified atom stereocenters. The molecule has 1 heterocycles. The quantitative estimate of drug-likeness (QED) is 0.437. The van der Waals surface area contributed by atoms with Gasteiger partial charge in [-0.3, -0.25) is 9.59 Å². The van der Waals surface area contributed by atoms with Gasteiger partial charge in [0.2, 0.25) is 5.91 Å². The summed E-state index contributed by atoms with van der Waals surface area (Å²) in [5.74, 6) is -0.371. The molecule has 6 nitrogen and oxygen atoms in total. The Morgan fingerprint density at radius 1 is 1.06 bits per heavy atom. The van der Waals surface area contributed by atoms with E-state index in [1.807, 2.05) is 32.0 Å². The fourth-order valence-electron chi connectivity index (χ4n) is 4.40. The maximum atomic E-state index is 13.1. The molecule has 0 atom stereocenters. The van der Waals surface area contributed by atoms with Crippen molar-refractivity contribution < 1.29 is 19.1 Å². The normalized spacial score (nSPS) is 14.1. The van der Waals surface area contributed by atoms with Crippen molar-refractivity contribution in [2.45, 2.75) is 72.6 Å². The Balaban J connectivity index is 1.78. The van der Waals surface area contributed by atoms with Gasteiger partial charge in [0.15, 0.2) is 0 Å². The lowest BCUT2D eigenvalue weighted by molar-refractivity contribution is -0.116. The average Bonchev–Trinajstić information content (AvgIpc) is 3.11. The zero-order valence-corrected chi connectivity index (χ0v) is 20.8. The van der Waals surface area contributed by atoms with Gasteiger partial charge in [0.1, 0.15) is 5.00 Å². The van der Waals surface area contributed by atoms with Gasteiger partial charge in [-0.15, -0.1) is 11.3 Å². The molecule has 1 saturated carbocycles. The Morgan fingerprint density at radius 3 is 2.45 bits per heavy atom. The van der Waals surface area contributed by atoms with E-state index >= 15 is 0 Å². The van der Waals surface area contributed by atoms with E-state index in [0.29, 0.717) is 33.5 Å². The second kappa shape index (κ2) is 11.5. The maximum absolute atomic E-state index is 13.1. The number of amides is 2. The van der Waals surface area contributed by atoms with Crippen molar-refractivity contribution in [1.82, 2.24) is 0 Å². The Morgan fingerprint density at radius 2 is 1.79 bits per heavy atom. The van der Waals surface area contributed by atoms with Gasteiger partial charge >= 0.3 is 5.97 Å². The summed E-state index contributed by atoms with van der Waals surface area (Å²) in [7, 11) is 0. The molecule has 1 aliphatic rings. The molecule has 0 radical (unpaired) electrons. The minimum absolute atomic E-state index is 0.131. The fourth-order valence-corrected chi connectivity index (χ4v) is 5.51. The molecule has 0 saturated heterocycles. The highest BCUT2D eigenvalue weighted by Gasteiger charge is 2.27. The van der Waals surface area contributed by atoms with Crippen LogP contribution in [0.15, 0.2) is 18.2 Å². The molecule has 2 N–H and O–H groups in total. The molecule has 0 spiro atoms. The number of rotatable bonds is 8.